The number of fused-ring (bicyclic) bond motifs is 1. The Hall–Kier alpha value is -2.19. The molecule has 3 aromatic rings. The fourth-order valence-corrected chi connectivity index (χ4v) is 3.41. The molecule has 0 fully saturated rings. The van der Waals surface area contributed by atoms with Gasteiger partial charge in [-0.3, -0.25) is 4.98 Å². The van der Waals surface area contributed by atoms with Crippen LogP contribution in [0.5, 0.6) is 0 Å². The molecule has 0 bridgehead atoms. The molecule has 1 N–H and O–H groups in total. The minimum Gasteiger partial charge on any atom is -0.324 e. The van der Waals surface area contributed by atoms with Crippen molar-refractivity contribution in [1.82, 2.24) is 19.5 Å². The molecule has 3 aromatic heterocycles. The molecule has 0 aromatic carbocycles. The summed E-state index contributed by atoms with van der Waals surface area (Å²) in [5.41, 5.74) is -5.77. The first kappa shape index (κ1) is 20.5. The Kier molecular flexibility index (Phi) is 5.14. The quantitative estimate of drug-likeness (QED) is 0.371. The van der Waals surface area contributed by atoms with Crippen LogP contribution in [0.4, 0.5) is 26.3 Å². The average molecular weight is 442 g/mol. The van der Waals surface area contributed by atoms with E-state index < -0.39 is 45.0 Å². The monoisotopic (exact) mass is 442 g/mol. The third-order valence-electron chi connectivity index (χ3n) is 3.54. The Balaban J connectivity index is 2.15. The highest BCUT2D eigenvalue weighted by atomic mass is 32.2. The van der Waals surface area contributed by atoms with E-state index in [1.165, 1.54) is 11.6 Å². The van der Waals surface area contributed by atoms with E-state index in [1.807, 2.05) is 0 Å². The maximum absolute atomic E-state index is 12.8. The second-order valence-electron chi connectivity index (χ2n) is 5.37. The first-order valence-corrected chi connectivity index (χ1v) is 9.06. The van der Waals surface area contributed by atoms with Crippen molar-refractivity contribution in [2.24, 2.45) is 7.05 Å². The van der Waals surface area contributed by atoms with Gasteiger partial charge in [-0.2, -0.15) is 26.3 Å². The second kappa shape index (κ2) is 7.00. The number of alkyl halides is 6. The molecule has 0 saturated carbocycles. The van der Waals surface area contributed by atoms with Gasteiger partial charge in [-0.05, 0) is 12.1 Å². The number of hydrogen-bond acceptors (Lipinski definition) is 5. The van der Waals surface area contributed by atoms with E-state index in [1.54, 1.807) is 0 Å². The highest BCUT2D eigenvalue weighted by molar-refractivity contribution is 8.00. The van der Waals surface area contributed by atoms with Gasteiger partial charge >= 0.3 is 11.7 Å². The number of nitrogens with zero attached hydrogens (tertiary/aromatic N) is 4. The van der Waals surface area contributed by atoms with Crippen LogP contribution < -0.4 is 0 Å². The fourth-order valence-electron chi connectivity index (χ4n) is 2.36. The number of pyridine rings is 2. The van der Waals surface area contributed by atoms with E-state index in [2.05, 4.69) is 15.0 Å². The van der Waals surface area contributed by atoms with Crippen LogP contribution in [-0.4, -0.2) is 33.8 Å². The zero-order chi connectivity index (χ0) is 20.9. The van der Waals surface area contributed by atoms with Crippen LogP contribution in [0.3, 0.4) is 0 Å². The molecule has 0 aliphatic rings. The zero-order valence-corrected chi connectivity index (χ0v) is 15.2. The summed E-state index contributed by atoms with van der Waals surface area (Å²) >= 11 is -3.27. The molecule has 0 aliphatic heterocycles. The molecule has 0 spiro atoms. The molecule has 28 heavy (non-hydrogen) atoms. The lowest BCUT2D eigenvalue weighted by atomic mass is 10.2. The first-order valence-electron chi connectivity index (χ1n) is 7.13. The summed E-state index contributed by atoms with van der Waals surface area (Å²) in [5, 5.41) is -0.379. The lowest BCUT2D eigenvalue weighted by Crippen LogP contribution is -2.09. The third-order valence-corrected chi connectivity index (χ3v) is 4.89. The highest BCUT2D eigenvalue weighted by Gasteiger charge is 2.33. The van der Waals surface area contributed by atoms with Gasteiger partial charge in [0.1, 0.15) is 10.7 Å². The lowest BCUT2D eigenvalue weighted by Gasteiger charge is -2.10. The summed E-state index contributed by atoms with van der Waals surface area (Å²) < 4.78 is 98.3. The van der Waals surface area contributed by atoms with E-state index >= 15 is 0 Å². The number of aromatic nitrogens is 4. The maximum atomic E-state index is 12.8. The van der Waals surface area contributed by atoms with E-state index in [0.29, 0.717) is 12.3 Å². The summed E-state index contributed by atoms with van der Waals surface area (Å²) in [6.45, 7) is 0. The standard InChI is InChI=1S/C14H8F6N4O2S2/c1-24-8-5-21-10(27-14(18,19)20)3-7(8)23-12(24)11-9(28(25)26)2-6(4-22-11)13(15,16)17/h2-5H,1H3,(H,25,26). The number of rotatable bonds is 3. The predicted octanol–water partition coefficient (Wildman–Crippen LogP) is 4.24. The molecule has 3 rings (SSSR count). The van der Waals surface area contributed by atoms with Gasteiger partial charge in [-0.1, -0.05) is 0 Å². The number of aryl methyl sites for hydroxylation is 1. The molecule has 0 radical (unpaired) electrons. The molecule has 3 heterocycles. The fraction of sp³-hybridized carbons (Fsp3) is 0.214. The van der Waals surface area contributed by atoms with Crippen LogP contribution in [0.25, 0.3) is 22.6 Å². The van der Waals surface area contributed by atoms with Crippen LogP contribution in [0.2, 0.25) is 0 Å². The summed E-state index contributed by atoms with van der Waals surface area (Å²) in [7, 11) is 1.42. The van der Waals surface area contributed by atoms with Crippen LogP contribution in [0.1, 0.15) is 5.56 Å². The van der Waals surface area contributed by atoms with Gasteiger partial charge in [0.15, 0.2) is 16.9 Å². The normalized spacial score (nSPS) is 13.9. The van der Waals surface area contributed by atoms with Crippen LogP contribution in [0, 0.1) is 0 Å². The molecule has 1 unspecified atom stereocenters. The van der Waals surface area contributed by atoms with Gasteiger partial charge in [0.2, 0.25) is 0 Å². The van der Waals surface area contributed by atoms with Crippen molar-refractivity contribution >= 4 is 33.9 Å². The number of imidazole rings is 1. The van der Waals surface area contributed by atoms with Gasteiger partial charge in [0.25, 0.3) is 0 Å². The van der Waals surface area contributed by atoms with E-state index in [-0.39, 0.29) is 27.6 Å². The number of hydrogen-bond donors (Lipinski definition) is 1. The summed E-state index contributed by atoms with van der Waals surface area (Å²) in [4.78, 5) is 10.7. The topological polar surface area (TPSA) is 80.9 Å². The molecule has 1 atom stereocenters. The number of halogens is 6. The minimum atomic E-state index is -4.78. The Labute approximate surface area is 159 Å². The Morgan fingerprint density at radius 1 is 1.11 bits per heavy atom. The molecular formula is C14H8F6N4O2S2. The van der Waals surface area contributed by atoms with Gasteiger partial charge in [-0.15, -0.1) is 0 Å². The Bertz CT molecular complexity index is 1080. The molecule has 14 heteroatoms. The lowest BCUT2D eigenvalue weighted by molar-refractivity contribution is -0.138. The van der Waals surface area contributed by atoms with Gasteiger partial charge in [-0.25, -0.2) is 14.2 Å². The number of thioether (sulfide) groups is 1. The van der Waals surface area contributed by atoms with Crippen molar-refractivity contribution in [3.63, 3.8) is 0 Å². The molecule has 0 saturated heterocycles. The Morgan fingerprint density at radius 3 is 2.36 bits per heavy atom. The smallest absolute Gasteiger partial charge is 0.324 e. The van der Waals surface area contributed by atoms with Crippen molar-refractivity contribution < 1.29 is 35.1 Å². The largest absolute Gasteiger partial charge is 0.447 e. The Morgan fingerprint density at radius 2 is 1.79 bits per heavy atom. The second-order valence-corrected chi connectivity index (χ2v) is 7.39. The van der Waals surface area contributed by atoms with Crippen LogP contribution >= 0.6 is 11.8 Å². The van der Waals surface area contributed by atoms with Gasteiger partial charge in [0, 0.05) is 25.0 Å². The highest BCUT2D eigenvalue weighted by Crippen LogP contribution is 2.37. The molecular weight excluding hydrogens is 434 g/mol. The molecule has 6 nitrogen and oxygen atoms in total. The minimum absolute atomic E-state index is 0.0654. The zero-order valence-electron chi connectivity index (χ0n) is 13.5. The van der Waals surface area contributed by atoms with Crippen LogP contribution in [0.15, 0.2) is 34.4 Å². The molecule has 0 aliphatic carbocycles. The van der Waals surface area contributed by atoms with Crippen molar-refractivity contribution in [1.29, 1.82) is 0 Å². The first-order chi connectivity index (χ1) is 12.9. The van der Waals surface area contributed by atoms with E-state index in [4.69, 9.17) is 0 Å². The summed E-state index contributed by atoms with van der Waals surface area (Å²) in [5.74, 6) is -0.0999. The predicted molar refractivity (Wildman–Crippen MR) is 87.7 cm³/mol. The average Bonchev–Trinajstić information content (AvgIpc) is 2.88. The van der Waals surface area contributed by atoms with Crippen molar-refractivity contribution in [2.75, 3.05) is 0 Å². The third kappa shape index (κ3) is 4.12. The summed E-state index contributed by atoms with van der Waals surface area (Å²) in [6, 6.07) is 1.53. The SMILES string of the molecule is Cn1c(-c2ncc(C(F)(F)F)cc2S(=O)O)nc2cc(SC(F)(F)F)ncc21. The van der Waals surface area contributed by atoms with E-state index in [0.717, 1.165) is 12.3 Å². The molecule has 0 amide bonds. The van der Waals surface area contributed by atoms with Crippen molar-refractivity contribution in [2.45, 2.75) is 21.6 Å². The maximum Gasteiger partial charge on any atom is 0.447 e. The van der Waals surface area contributed by atoms with Crippen molar-refractivity contribution in [3.05, 3.63) is 30.1 Å². The summed E-state index contributed by atoms with van der Waals surface area (Å²) in [6.07, 6.45) is -3.19. The van der Waals surface area contributed by atoms with Gasteiger partial charge in [0.05, 0.1) is 27.7 Å². The van der Waals surface area contributed by atoms with Crippen LogP contribution in [-0.2, 0) is 24.3 Å². The molecule has 150 valence electrons. The van der Waals surface area contributed by atoms with E-state index in [9.17, 15) is 35.1 Å². The van der Waals surface area contributed by atoms with Gasteiger partial charge < -0.3 is 9.12 Å². The van der Waals surface area contributed by atoms with Crippen molar-refractivity contribution in [3.8, 4) is 11.5 Å².